The van der Waals surface area contributed by atoms with E-state index in [1.54, 1.807) is 0 Å². The molecule has 2 aromatic carbocycles. The van der Waals surface area contributed by atoms with Gasteiger partial charge in [-0.1, -0.05) is 18.2 Å². The third kappa shape index (κ3) is 3.81. The van der Waals surface area contributed by atoms with E-state index in [1.807, 2.05) is 35.2 Å². The molecule has 2 aromatic rings. The second-order valence-electron chi connectivity index (χ2n) is 6.00. The van der Waals surface area contributed by atoms with Crippen LogP contribution < -0.4 is 15.0 Å². The predicted octanol–water partition coefficient (Wildman–Crippen LogP) is 3.82. The lowest BCUT2D eigenvalue weighted by Crippen LogP contribution is -2.39. The molecule has 0 bridgehead atoms. The zero-order valence-electron chi connectivity index (χ0n) is 13.9. The molecule has 1 aliphatic rings. The van der Waals surface area contributed by atoms with Crippen molar-refractivity contribution in [2.75, 3.05) is 30.4 Å². The van der Waals surface area contributed by atoms with E-state index >= 15 is 0 Å². The van der Waals surface area contributed by atoms with Gasteiger partial charge in [0, 0.05) is 30.9 Å². The molecule has 0 saturated carbocycles. The van der Waals surface area contributed by atoms with Crippen LogP contribution in [-0.2, 0) is 0 Å². The minimum absolute atomic E-state index is 0.0186. The molecule has 132 valence electrons. The van der Waals surface area contributed by atoms with Gasteiger partial charge in [0.25, 0.3) is 5.69 Å². The minimum Gasteiger partial charge on any atom is -0.494 e. The summed E-state index contributed by atoms with van der Waals surface area (Å²) in [5, 5.41) is 14.8. The Labute approximate surface area is 145 Å². The highest BCUT2D eigenvalue weighted by Crippen LogP contribution is 2.36. The van der Waals surface area contributed by atoms with Gasteiger partial charge in [-0.2, -0.15) is 0 Å². The van der Waals surface area contributed by atoms with Crippen molar-refractivity contribution in [1.82, 2.24) is 0 Å². The number of nitrogens with one attached hydrogen (secondary N) is 1. The van der Waals surface area contributed by atoms with E-state index in [0.29, 0.717) is 24.8 Å². The van der Waals surface area contributed by atoms with Crippen LogP contribution >= 0.6 is 0 Å². The summed E-state index contributed by atoms with van der Waals surface area (Å²) >= 11 is 0. The number of nitro benzene ring substituents is 1. The van der Waals surface area contributed by atoms with Gasteiger partial charge < -0.3 is 15.0 Å². The quantitative estimate of drug-likeness (QED) is 0.659. The first-order valence-electron chi connectivity index (χ1n) is 8.17. The van der Waals surface area contributed by atoms with E-state index in [4.69, 9.17) is 4.74 Å². The van der Waals surface area contributed by atoms with Gasteiger partial charge in [-0.05, 0) is 25.0 Å². The summed E-state index contributed by atoms with van der Waals surface area (Å²) < 4.78 is 18.8. The third-order valence-electron chi connectivity index (χ3n) is 4.43. The number of nitro groups is 1. The van der Waals surface area contributed by atoms with Gasteiger partial charge in [0.15, 0.2) is 11.6 Å². The Hall–Kier alpha value is -2.83. The van der Waals surface area contributed by atoms with Gasteiger partial charge in [-0.15, -0.1) is 0 Å². The molecule has 1 aliphatic heterocycles. The van der Waals surface area contributed by atoms with Crippen LogP contribution in [0, 0.1) is 15.9 Å². The Bertz CT molecular complexity index is 747. The van der Waals surface area contributed by atoms with E-state index in [2.05, 4.69) is 5.32 Å². The van der Waals surface area contributed by atoms with Gasteiger partial charge in [0.2, 0.25) is 0 Å². The molecule has 25 heavy (non-hydrogen) atoms. The number of nitrogens with zero attached hydrogens (tertiary/aromatic N) is 2. The van der Waals surface area contributed by atoms with Crippen LogP contribution in [0.4, 0.5) is 21.5 Å². The Balaban J connectivity index is 1.73. The summed E-state index contributed by atoms with van der Waals surface area (Å²) in [5.41, 5.74) is 1.24. The maximum Gasteiger partial charge on any atom is 0.295 e. The highest BCUT2D eigenvalue weighted by molar-refractivity contribution is 5.66. The standard InChI is InChI=1S/C18H20FN3O3/c1-25-18-12-16(17(22(23)24)11-15(18)19)21-9-7-14(8-10-21)20-13-5-3-2-4-6-13/h2-6,11-12,14,20H,7-10H2,1H3. The Morgan fingerprint density at radius 1 is 1.24 bits per heavy atom. The molecule has 1 saturated heterocycles. The lowest BCUT2D eigenvalue weighted by atomic mass is 10.0. The van der Waals surface area contributed by atoms with Crippen LogP contribution in [0.3, 0.4) is 0 Å². The Morgan fingerprint density at radius 2 is 1.92 bits per heavy atom. The van der Waals surface area contributed by atoms with Crippen LogP contribution in [0.15, 0.2) is 42.5 Å². The number of ether oxygens (including phenoxy) is 1. The summed E-state index contributed by atoms with van der Waals surface area (Å²) in [5.74, 6) is -0.705. The van der Waals surface area contributed by atoms with Gasteiger partial charge >= 0.3 is 0 Å². The summed E-state index contributed by atoms with van der Waals surface area (Å²) in [6, 6.07) is 12.6. The first-order chi connectivity index (χ1) is 12.1. The van der Waals surface area contributed by atoms with E-state index in [1.165, 1.54) is 13.2 Å². The maximum absolute atomic E-state index is 13.8. The Morgan fingerprint density at radius 3 is 2.52 bits per heavy atom. The van der Waals surface area contributed by atoms with Crippen LogP contribution in [-0.4, -0.2) is 31.2 Å². The summed E-state index contributed by atoms with van der Waals surface area (Å²) in [6.07, 6.45) is 1.68. The second-order valence-corrected chi connectivity index (χ2v) is 6.00. The fraction of sp³-hybridized carbons (Fsp3) is 0.333. The number of rotatable bonds is 5. The third-order valence-corrected chi connectivity index (χ3v) is 4.43. The van der Waals surface area contributed by atoms with E-state index < -0.39 is 10.7 Å². The highest BCUT2D eigenvalue weighted by atomic mass is 19.1. The van der Waals surface area contributed by atoms with Crippen LogP contribution in [0.1, 0.15) is 12.8 Å². The zero-order valence-corrected chi connectivity index (χ0v) is 13.9. The maximum atomic E-state index is 13.8. The van der Waals surface area contributed by atoms with Crippen molar-refractivity contribution in [2.45, 2.75) is 18.9 Å². The van der Waals surface area contributed by atoms with E-state index in [-0.39, 0.29) is 11.4 Å². The Kier molecular flexibility index (Phi) is 5.02. The normalized spacial score (nSPS) is 15.0. The molecule has 1 N–H and O–H groups in total. The van der Waals surface area contributed by atoms with Crippen molar-refractivity contribution in [3.8, 4) is 5.75 Å². The lowest BCUT2D eigenvalue weighted by molar-refractivity contribution is -0.384. The number of hydrogen-bond donors (Lipinski definition) is 1. The van der Waals surface area contributed by atoms with Crippen molar-refractivity contribution in [3.63, 3.8) is 0 Å². The number of anilines is 2. The van der Waals surface area contributed by atoms with Crippen molar-refractivity contribution < 1.29 is 14.1 Å². The molecule has 0 radical (unpaired) electrons. The molecule has 3 rings (SSSR count). The van der Waals surface area contributed by atoms with Crippen molar-refractivity contribution >= 4 is 17.1 Å². The number of hydrogen-bond acceptors (Lipinski definition) is 5. The largest absolute Gasteiger partial charge is 0.494 e. The first kappa shape index (κ1) is 17.0. The molecule has 0 aliphatic carbocycles. The van der Waals surface area contributed by atoms with Gasteiger partial charge in [-0.25, -0.2) is 4.39 Å². The predicted molar refractivity (Wildman–Crippen MR) is 94.9 cm³/mol. The molecule has 0 aromatic heterocycles. The average Bonchev–Trinajstić information content (AvgIpc) is 2.63. The fourth-order valence-corrected chi connectivity index (χ4v) is 3.12. The van der Waals surface area contributed by atoms with Gasteiger partial charge in [0.1, 0.15) is 5.69 Å². The van der Waals surface area contributed by atoms with Crippen molar-refractivity contribution in [3.05, 3.63) is 58.4 Å². The molecule has 0 spiro atoms. The molecule has 1 fully saturated rings. The van der Waals surface area contributed by atoms with Gasteiger partial charge in [-0.3, -0.25) is 10.1 Å². The molecule has 1 heterocycles. The van der Waals surface area contributed by atoms with Crippen LogP contribution in [0.5, 0.6) is 5.75 Å². The number of para-hydroxylation sites is 1. The average molecular weight is 345 g/mol. The minimum atomic E-state index is -0.724. The summed E-state index contributed by atoms with van der Waals surface area (Å²) in [6.45, 7) is 1.31. The smallest absolute Gasteiger partial charge is 0.295 e. The molecular weight excluding hydrogens is 325 g/mol. The number of benzene rings is 2. The van der Waals surface area contributed by atoms with Gasteiger partial charge in [0.05, 0.1) is 18.1 Å². The molecule has 6 nitrogen and oxygen atoms in total. The highest BCUT2D eigenvalue weighted by Gasteiger charge is 2.27. The number of halogens is 1. The van der Waals surface area contributed by atoms with Crippen molar-refractivity contribution in [1.29, 1.82) is 0 Å². The molecule has 7 heteroatoms. The van der Waals surface area contributed by atoms with Crippen LogP contribution in [0.2, 0.25) is 0 Å². The van der Waals surface area contributed by atoms with E-state index in [0.717, 1.165) is 24.6 Å². The molecule has 0 unspecified atom stereocenters. The fourth-order valence-electron chi connectivity index (χ4n) is 3.12. The summed E-state index contributed by atoms with van der Waals surface area (Å²) in [7, 11) is 1.35. The summed E-state index contributed by atoms with van der Waals surface area (Å²) in [4.78, 5) is 12.7. The second kappa shape index (κ2) is 7.38. The molecule has 0 atom stereocenters. The van der Waals surface area contributed by atoms with Crippen molar-refractivity contribution in [2.24, 2.45) is 0 Å². The zero-order chi connectivity index (χ0) is 17.8. The number of methoxy groups -OCH3 is 1. The molecule has 0 amide bonds. The first-order valence-corrected chi connectivity index (χ1v) is 8.17. The van der Waals surface area contributed by atoms with Crippen LogP contribution in [0.25, 0.3) is 0 Å². The lowest BCUT2D eigenvalue weighted by Gasteiger charge is -2.34. The SMILES string of the molecule is COc1cc(N2CCC(Nc3ccccc3)CC2)c([N+](=O)[O-])cc1F. The number of piperidine rings is 1. The molecular formula is C18H20FN3O3. The van der Waals surface area contributed by atoms with E-state index in [9.17, 15) is 14.5 Å². The topological polar surface area (TPSA) is 67.6 Å². The monoisotopic (exact) mass is 345 g/mol.